The second-order valence-electron chi connectivity index (χ2n) is 5.52. The summed E-state index contributed by atoms with van der Waals surface area (Å²) in [6.45, 7) is 2.90. The van der Waals surface area contributed by atoms with Gasteiger partial charge in [0, 0.05) is 6.07 Å². The standard InChI is InChI=1S/C18H15N3O5/c1-11-7-15(16(21(24)25)8-12(11)2)20-17(22)10-26-18(23)14-5-3-13(9-19)4-6-14/h3-8H,10H2,1-2H3,(H,20,22). The van der Waals surface area contributed by atoms with Crippen LogP contribution in [0.4, 0.5) is 11.4 Å². The summed E-state index contributed by atoms with van der Waals surface area (Å²) in [5.41, 5.74) is 1.88. The molecule has 0 radical (unpaired) electrons. The second kappa shape index (κ2) is 7.90. The Kier molecular flexibility index (Phi) is 5.65. The first-order chi connectivity index (χ1) is 12.3. The largest absolute Gasteiger partial charge is 0.452 e. The molecule has 2 aromatic rings. The van der Waals surface area contributed by atoms with Crippen molar-refractivity contribution in [2.24, 2.45) is 0 Å². The smallest absolute Gasteiger partial charge is 0.338 e. The second-order valence-corrected chi connectivity index (χ2v) is 5.52. The summed E-state index contributed by atoms with van der Waals surface area (Å²) in [4.78, 5) is 34.4. The van der Waals surface area contributed by atoms with Gasteiger partial charge >= 0.3 is 5.97 Å². The Bertz CT molecular complexity index is 914. The first kappa shape index (κ1) is 18.6. The van der Waals surface area contributed by atoms with Crippen molar-refractivity contribution >= 4 is 23.3 Å². The van der Waals surface area contributed by atoms with Crippen LogP contribution in [0.3, 0.4) is 0 Å². The van der Waals surface area contributed by atoms with Gasteiger partial charge in [-0.05, 0) is 55.3 Å². The fourth-order valence-electron chi connectivity index (χ4n) is 2.13. The Morgan fingerprint density at radius 1 is 1.19 bits per heavy atom. The van der Waals surface area contributed by atoms with Crippen molar-refractivity contribution in [3.05, 3.63) is 68.8 Å². The highest BCUT2D eigenvalue weighted by Gasteiger charge is 2.18. The minimum Gasteiger partial charge on any atom is -0.452 e. The van der Waals surface area contributed by atoms with Gasteiger partial charge in [0.1, 0.15) is 5.69 Å². The van der Waals surface area contributed by atoms with Crippen molar-refractivity contribution in [2.75, 3.05) is 11.9 Å². The minimum absolute atomic E-state index is 0.0394. The average molecular weight is 353 g/mol. The zero-order chi connectivity index (χ0) is 19.3. The molecule has 8 nitrogen and oxygen atoms in total. The lowest BCUT2D eigenvalue weighted by atomic mass is 10.1. The van der Waals surface area contributed by atoms with E-state index in [0.717, 1.165) is 11.1 Å². The number of ether oxygens (including phenoxy) is 1. The zero-order valence-corrected chi connectivity index (χ0v) is 14.1. The van der Waals surface area contributed by atoms with Crippen molar-refractivity contribution in [1.29, 1.82) is 5.26 Å². The summed E-state index contributed by atoms with van der Waals surface area (Å²) >= 11 is 0. The normalized spacial score (nSPS) is 9.88. The predicted molar refractivity (Wildman–Crippen MR) is 92.6 cm³/mol. The molecule has 0 spiro atoms. The summed E-state index contributed by atoms with van der Waals surface area (Å²) in [5, 5.41) is 22.2. The van der Waals surface area contributed by atoms with E-state index in [1.807, 2.05) is 6.07 Å². The number of nitro benzene ring substituents is 1. The van der Waals surface area contributed by atoms with Crippen LogP contribution in [0.1, 0.15) is 27.0 Å². The number of hydrogen-bond donors (Lipinski definition) is 1. The molecular weight excluding hydrogens is 338 g/mol. The number of esters is 1. The third-order valence-corrected chi connectivity index (χ3v) is 3.67. The molecule has 0 aliphatic heterocycles. The summed E-state index contributed by atoms with van der Waals surface area (Å²) in [7, 11) is 0. The maximum absolute atomic E-state index is 12.0. The molecule has 0 atom stereocenters. The van der Waals surface area contributed by atoms with Gasteiger partial charge in [-0.15, -0.1) is 0 Å². The van der Waals surface area contributed by atoms with E-state index >= 15 is 0 Å². The lowest BCUT2D eigenvalue weighted by Crippen LogP contribution is -2.21. The van der Waals surface area contributed by atoms with Crippen LogP contribution in [0.25, 0.3) is 0 Å². The van der Waals surface area contributed by atoms with Crippen molar-refractivity contribution in [3.8, 4) is 6.07 Å². The Balaban J connectivity index is 2.03. The van der Waals surface area contributed by atoms with E-state index < -0.39 is 23.4 Å². The van der Waals surface area contributed by atoms with E-state index in [0.29, 0.717) is 5.56 Å². The van der Waals surface area contributed by atoms with E-state index in [-0.39, 0.29) is 16.9 Å². The number of carbonyl (C=O) groups excluding carboxylic acids is 2. The molecule has 0 fully saturated rings. The van der Waals surface area contributed by atoms with Gasteiger partial charge < -0.3 is 10.1 Å². The van der Waals surface area contributed by atoms with Gasteiger partial charge in [0.25, 0.3) is 11.6 Å². The van der Waals surface area contributed by atoms with Gasteiger partial charge in [0.2, 0.25) is 0 Å². The van der Waals surface area contributed by atoms with Crippen LogP contribution >= 0.6 is 0 Å². The fraction of sp³-hybridized carbons (Fsp3) is 0.167. The molecule has 0 aliphatic carbocycles. The first-order valence-corrected chi connectivity index (χ1v) is 7.54. The molecule has 8 heteroatoms. The monoisotopic (exact) mass is 353 g/mol. The molecule has 2 aromatic carbocycles. The molecular formula is C18H15N3O5. The molecule has 0 aliphatic rings. The Hall–Kier alpha value is -3.73. The summed E-state index contributed by atoms with van der Waals surface area (Å²) in [6, 6.07) is 10.5. The summed E-state index contributed by atoms with van der Waals surface area (Å²) in [5.74, 6) is -1.43. The Morgan fingerprint density at radius 3 is 2.38 bits per heavy atom. The Morgan fingerprint density at radius 2 is 1.81 bits per heavy atom. The zero-order valence-electron chi connectivity index (χ0n) is 14.1. The molecule has 0 unspecified atom stereocenters. The molecule has 0 bridgehead atoms. The molecule has 2 rings (SSSR count). The number of nitriles is 1. The molecule has 26 heavy (non-hydrogen) atoms. The topological polar surface area (TPSA) is 122 Å². The molecule has 132 valence electrons. The number of aryl methyl sites for hydroxylation is 2. The molecule has 1 amide bonds. The van der Waals surface area contributed by atoms with Gasteiger partial charge in [-0.3, -0.25) is 14.9 Å². The number of hydrogen-bond acceptors (Lipinski definition) is 6. The molecule has 0 heterocycles. The highest BCUT2D eigenvalue weighted by atomic mass is 16.6. The Labute approximate surface area is 149 Å². The number of amides is 1. The van der Waals surface area contributed by atoms with Crippen LogP contribution in [0.5, 0.6) is 0 Å². The van der Waals surface area contributed by atoms with E-state index in [9.17, 15) is 19.7 Å². The number of carbonyl (C=O) groups is 2. The third-order valence-electron chi connectivity index (χ3n) is 3.67. The van der Waals surface area contributed by atoms with Crippen LogP contribution in [-0.2, 0) is 9.53 Å². The summed E-state index contributed by atoms with van der Waals surface area (Å²) in [6.07, 6.45) is 0. The number of nitrogens with one attached hydrogen (secondary N) is 1. The molecule has 0 saturated heterocycles. The van der Waals surface area contributed by atoms with Crippen molar-refractivity contribution in [2.45, 2.75) is 13.8 Å². The molecule has 0 saturated carbocycles. The quantitative estimate of drug-likeness (QED) is 0.501. The average Bonchev–Trinajstić information content (AvgIpc) is 2.62. The van der Waals surface area contributed by atoms with Gasteiger partial charge in [-0.2, -0.15) is 5.26 Å². The van der Waals surface area contributed by atoms with Crippen LogP contribution in [0.15, 0.2) is 36.4 Å². The number of benzene rings is 2. The lowest BCUT2D eigenvalue weighted by Gasteiger charge is -2.09. The number of anilines is 1. The van der Waals surface area contributed by atoms with Crippen molar-refractivity contribution in [3.63, 3.8) is 0 Å². The van der Waals surface area contributed by atoms with Gasteiger partial charge in [0.15, 0.2) is 6.61 Å². The van der Waals surface area contributed by atoms with E-state index in [4.69, 9.17) is 10.00 Å². The minimum atomic E-state index is -0.737. The lowest BCUT2D eigenvalue weighted by molar-refractivity contribution is -0.384. The highest BCUT2D eigenvalue weighted by molar-refractivity contribution is 5.97. The van der Waals surface area contributed by atoms with Crippen LogP contribution in [-0.4, -0.2) is 23.4 Å². The van der Waals surface area contributed by atoms with E-state index in [2.05, 4.69) is 5.32 Å². The maximum atomic E-state index is 12.0. The predicted octanol–water partition coefficient (Wildman–Crippen LogP) is 2.88. The highest BCUT2D eigenvalue weighted by Crippen LogP contribution is 2.27. The van der Waals surface area contributed by atoms with Crippen LogP contribution in [0, 0.1) is 35.3 Å². The van der Waals surface area contributed by atoms with Crippen molar-refractivity contribution < 1.29 is 19.2 Å². The van der Waals surface area contributed by atoms with E-state index in [1.165, 1.54) is 36.4 Å². The summed E-state index contributed by atoms with van der Waals surface area (Å²) < 4.78 is 4.89. The van der Waals surface area contributed by atoms with E-state index in [1.54, 1.807) is 13.8 Å². The number of nitro groups is 1. The number of rotatable bonds is 5. The third kappa shape index (κ3) is 4.42. The van der Waals surface area contributed by atoms with Gasteiger partial charge in [0.05, 0.1) is 22.1 Å². The SMILES string of the molecule is Cc1cc(NC(=O)COC(=O)c2ccc(C#N)cc2)c([N+](=O)[O-])cc1C. The molecule has 1 N–H and O–H groups in total. The van der Waals surface area contributed by atoms with Crippen LogP contribution < -0.4 is 5.32 Å². The molecule has 0 aromatic heterocycles. The van der Waals surface area contributed by atoms with Gasteiger partial charge in [-0.25, -0.2) is 4.79 Å². The maximum Gasteiger partial charge on any atom is 0.338 e. The number of nitrogens with zero attached hydrogens (tertiary/aromatic N) is 2. The first-order valence-electron chi connectivity index (χ1n) is 7.54. The van der Waals surface area contributed by atoms with Crippen LogP contribution in [0.2, 0.25) is 0 Å². The fourth-order valence-corrected chi connectivity index (χ4v) is 2.13. The van der Waals surface area contributed by atoms with Crippen molar-refractivity contribution in [1.82, 2.24) is 0 Å². The van der Waals surface area contributed by atoms with Gasteiger partial charge in [-0.1, -0.05) is 0 Å².